The Bertz CT molecular complexity index is 1510. The highest BCUT2D eigenvalue weighted by Crippen LogP contribution is 2.37. The van der Waals surface area contributed by atoms with Crippen LogP contribution in [0.2, 0.25) is 0 Å². The third-order valence-electron chi connectivity index (χ3n) is 8.29. The van der Waals surface area contributed by atoms with Crippen molar-refractivity contribution in [2.45, 2.75) is 71.2 Å². The molecule has 43 heavy (non-hydrogen) atoms. The van der Waals surface area contributed by atoms with E-state index in [0.29, 0.717) is 23.3 Å². The Hall–Kier alpha value is -4.30. The molecule has 11 heteroatoms. The van der Waals surface area contributed by atoms with Gasteiger partial charge in [0.25, 0.3) is 0 Å². The first kappa shape index (κ1) is 30.2. The minimum Gasteiger partial charge on any atom is -0.486 e. The van der Waals surface area contributed by atoms with Crippen molar-refractivity contribution in [1.29, 1.82) is 5.26 Å². The minimum atomic E-state index is -1.56. The number of anilines is 2. The molecule has 2 aromatic carbocycles. The van der Waals surface area contributed by atoms with Crippen LogP contribution >= 0.6 is 0 Å². The summed E-state index contributed by atoms with van der Waals surface area (Å²) in [5.41, 5.74) is 3.61. The first-order valence-corrected chi connectivity index (χ1v) is 14.7. The Morgan fingerprint density at radius 3 is 2.60 bits per heavy atom. The van der Waals surface area contributed by atoms with Crippen LogP contribution in [0.3, 0.4) is 0 Å². The number of carbonyl (C=O) groups is 1. The van der Waals surface area contributed by atoms with E-state index in [1.807, 2.05) is 26.8 Å². The van der Waals surface area contributed by atoms with E-state index in [4.69, 9.17) is 4.74 Å². The van der Waals surface area contributed by atoms with E-state index in [2.05, 4.69) is 50.7 Å². The molecule has 10 nitrogen and oxygen atoms in total. The summed E-state index contributed by atoms with van der Waals surface area (Å²) in [6.07, 6.45) is 0.241. The highest BCUT2D eigenvalue weighted by Gasteiger charge is 2.47. The standard InChI is InChI=1S/C32H38FN7O3/c1-19-15-23(6-7-24(19)20-9-12-35-13-10-20)38-30-37-18-36-29(39-30)21-5-8-25(22(16-21)17-34)43-26-11-14-40(31(41)42)28(27(26)33)32(2,3)4/h5-8,15-16,18,20,26-28,35H,9-14H2,1-4H3,(H,41,42)(H,36,37,38,39)/t26-,27-,28?/m0/s1. The van der Waals surface area contributed by atoms with Crippen molar-refractivity contribution in [3.05, 3.63) is 59.4 Å². The summed E-state index contributed by atoms with van der Waals surface area (Å²) in [4.78, 5) is 26.0. The van der Waals surface area contributed by atoms with E-state index < -0.39 is 29.8 Å². The van der Waals surface area contributed by atoms with Gasteiger partial charge in [-0.05, 0) is 85.6 Å². The summed E-state index contributed by atoms with van der Waals surface area (Å²) in [5.74, 6) is 1.53. The first-order valence-electron chi connectivity index (χ1n) is 14.7. The molecule has 3 heterocycles. The number of amides is 1. The second-order valence-corrected chi connectivity index (χ2v) is 12.4. The predicted molar refractivity (Wildman–Crippen MR) is 161 cm³/mol. The summed E-state index contributed by atoms with van der Waals surface area (Å²) in [7, 11) is 0. The fourth-order valence-electron chi connectivity index (χ4n) is 6.22. The fraction of sp³-hybridized carbons (Fsp3) is 0.469. The second kappa shape index (κ2) is 12.5. The van der Waals surface area contributed by atoms with Gasteiger partial charge in [0.05, 0.1) is 11.6 Å². The molecule has 2 aliphatic heterocycles. The van der Waals surface area contributed by atoms with Gasteiger partial charge in [-0.15, -0.1) is 0 Å². The maximum absolute atomic E-state index is 15.7. The molecule has 2 saturated heterocycles. The number of nitrogens with one attached hydrogen (secondary N) is 2. The summed E-state index contributed by atoms with van der Waals surface area (Å²) in [5, 5.41) is 26.2. The number of alkyl halides is 1. The molecule has 3 N–H and O–H groups in total. The van der Waals surface area contributed by atoms with Crippen molar-refractivity contribution in [2.24, 2.45) is 5.41 Å². The number of hydrogen-bond acceptors (Lipinski definition) is 8. The van der Waals surface area contributed by atoms with E-state index >= 15 is 4.39 Å². The molecule has 1 unspecified atom stereocenters. The lowest BCUT2D eigenvalue weighted by molar-refractivity contribution is -0.0513. The summed E-state index contributed by atoms with van der Waals surface area (Å²) in [6.45, 7) is 9.77. The summed E-state index contributed by atoms with van der Waals surface area (Å²) < 4.78 is 21.7. The Morgan fingerprint density at radius 1 is 1.16 bits per heavy atom. The molecule has 2 fully saturated rings. The van der Waals surface area contributed by atoms with Crippen LogP contribution in [0.5, 0.6) is 5.75 Å². The van der Waals surface area contributed by atoms with Crippen molar-refractivity contribution in [1.82, 2.24) is 25.2 Å². The van der Waals surface area contributed by atoms with E-state index in [9.17, 15) is 15.2 Å². The number of aryl methyl sites for hydroxylation is 1. The van der Waals surface area contributed by atoms with Gasteiger partial charge in [0.15, 0.2) is 12.0 Å². The van der Waals surface area contributed by atoms with Crippen molar-refractivity contribution < 1.29 is 19.0 Å². The van der Waals surface area contributed by atoms with Crippen LogP contribution in [0.15, 0.2) is 42.7 Å². The van der Waals surface area contributed by atoms with Gasteiger partial charge in [0.2, 0.25) is 5.95 Å². The topological polar surface area (TPSA) is 136 Å². The van der Waals surface area contributed by atoms with Crippen LogP contribution in [0.1, 0.15) is 62.6 Å². The maximum Gasteiger partial charge on any atom is 0.407 e. The van der Waals surface area contributed by atoms with E-state index in [1.54, 1.807) is 18.2 Å². The van der Waals surface area contributed by atoms with Crippen molar-refractivity contribution >= 4 is 17.7 Å². The SMILES string of the molecule is Cc1cc(Nc2ncnc(-c3ccc(O[C@H]4CCN(C(=O)O)C(C(C)(C)C)[C@H]4F)c(C#N)c3)n2)ccc1C1CCNCC1. The van der Waals surface area contributed by atoms with Crippen molar-refractivity contribution in [3.63, 3.8) is 0 Å². The van der Waals surface area contributed by atoms with Crippen molar-refractivity contribution in [2.75, 3.05) is 25.0 Å². The molecule has 0 saturated carbocycles. The fourth-order valence-corrected chi connectivity index (χ4v) is 6.22. The molecule has 226 valence electrons. The number of aromatic nitrogens is 3. The van der Waals surface area contributed by atoms with Gasteiger partial charge in [-0.1, -0.05) is 26.8 Å². The number of benzene rings is 2. The largest absolute Gasteiger partial charge is 0.486 e. The molecule has 1 aromatic heterocycles. The minimum absolute atomic E-state index is 0.142. The van der Waals surface area contributed by atoms with Gasteiger partial charge in [0.1, 0.15) is 24.3 Å². The molecular formula is C32H38FN7O3. The van der Waals surface area contributed by atoms with Gasteiger partial charge in [-0.2, -0.15) is 10.2 Å². The Kier molecular flexibility index (Phi) is 8.78. The Labute approximate surface area is 251 Å². The van der Waals surface area contributed by atoms with Gasteiger partial charge in [-0.25, -0.2) is 19.2 Å². The number of nitriles is 1. The molecule has 0 aliphatic carbocycles. The van der Waals surface area contributed by atoms with Crippen molar-refractivity contribution in [3.8, 4) is 23.2 Å². The lowest BCUT2D eigenvalue weighted by Crippen LogP contribution is -2.60. The number of rotatable bonds is 6. The van der Waals surface area contributed by atoms with Gasteiger partial charge in [-0.3, -0.25) is 0 Å². The van der Waals surface area contributed by atoms with E-state index in [1.165, 1.54) is 17.5 Å². The highest BCUT2D eigenvalue weighted by atomic mass is 19.1. The second-order valence-electron chi connectivity index (χ2n) is 12.4. The summed E-state index contributed by atoms with van der Waals surface area (Å²) in [6, 6.07) is 12.5. The Balaban J connectivity index is 1.32. The average Bonchev–Trinajstić information content (AvgIpc) is 2.98. The molecule has 1 amide bonds. The average molecular weight is 588 g/mol. The van der Waals surface area contributed by atoms with E-state index in [0.717, 1.165) is 36.5 Å². The zero-order chi connectivity index (χ0) is 30.7. The molecule has 2 aliphatic rings. The molecule has 5 rings (SSSR count). The van der Waals surface area contributed by atoms with Gasteiger partial charge in [0, 0.05) is 24.2 Å². The monoisotopic (exact) mass is 587 g/mol. The number of ether oxygens (including phenoxy) is 1. The third kappa shape index (κ3) is 6.70. The smallest absolute Gasteiger partial charge is 0.407 e. The first-order chi connectivity index (χ1) is 20.5. The van der Waals surface area contributed by atoms with Gasteiger partial charge >= 0.3 is 6.09 Å². The maximum atomic E-state index is 15.7. The number of likely N-dealkylation sites (tertiary alicyclic amines) is 1. The van der Waals surface area contributed by atoms with E-state index in [-0.39, 0.29) is 24.3 Å². The molecule has 3 aromatic rings. The quantitative estimate of drug-likeness (QED) is 0.326. The molecule has 0 radical (unpaired) electrons. The lowest BCUT2D eigenvalue weighted by atomic mass is 9.78. The van der Waals surface area contributed by atoms with Crippen LogP contribution in [-0.2, 0) is 0 Å². The third-order valence-corrected chi connectivity index (χ3v) is 8.29. The number of hydrogen-bond donors (Lipinski definition) is 3. The zero-order valence-corrected chi connectivity index (χ0v) is 25.0. The number of carboxylic acid groups (broad SMARTS) is 1. The van der Waals surface area contributed by atoms with Crippen LogP contribution < -0.4 is 15.4 Å². The molecule has 0 spiro atoms. The lowest BCUT2D eigenvalue weighted by Gasteiger charge is -2.46. The predicted octanol–water partition coefficient (Wildman–Crippen LogP) is 5.81. The Morgan fingerprint density at radius 2 is 1.93 bits per heavy atom. The molecular weight excluding hydrogens is 549 g/mol. The van der Waals surface area contributed by atoms with Crippen LogP contribution in [0.25, 0.3) is 11.4 Å². The van der Waals surface area contributed by atoms with Crippen LogP contribution in [-0.4, -0.2) is 69.0 Å². The summed E-state index contributed by atoms with van der Waals surface area (Å²) >= 11 is 0. The number of piperidine rings is 2. The zero-order valence-electron chi connectivity index (χ0n) is 25.0. The number of halogens is 1. The van der Waals surface area contributed by atoms with Crippen LogP contribution in [0.4, 0.5) is 20.8 Å². The number of nitrogens with zero attached hydrogens (tertiary/aromatic N) is 5. The molecule has 0 bridgehead atoms. The van der Waals surface area contributed by atoms with Crippen LogP contribution in [0, 0.1) is 23.7 Å². The highest BCUT2D eigenvalue weighted by molar-refractivity contribution is 5.66. The molecule has 3 atom stereocenters. The van der Waals surface area contributed by atoms with Gasteiger partial charge < -0.3 is 25.4 Å². The normalized spacial score (nSPS) is 21.2.